The van der Waals surface area contributed by atoms with Gasteiger partial charge in [-0.05, 0) is 35.2 Å². The van der Waals surface area contributed by atoms with Crippen molar-refractivity contribution in [3.05, 3.63) is 102 Å². The fourth-order valence-electron chi connectivity index (χ4n) is 4.52. The van der Waals surface area contributed by atoms with Crippen LogP contribution in [0.4, 0.5) is 0 Å². The van der Waals surface area contributed by atoms with E-state index in [0.29, 0.717) is 5.82 Å². The quantitative estimate of drug-likeness (QED) is 0.163. The fraction of sp³-hybridized carbons (Fsp3) is 0.294. The summed E-state index contributed by atoms with van der Waals surface area (Å²) in [6.45, 7) is 2.95. The van der Waals surface area contributed by atoms with Crippen LogP contribution in [0.25, 0.3) is 22.5 Å². The lowest BCUT2D eigenvalue weighted by atomic mass is 10.0. The van der Waals surface area contributed by atoms with Crippen LogP contribution in [0.15, 0.2) is 91.3 Å². The topological polar surface area (TPSA) is 101 Å². The van der Waals surface area contributed by atoms with Crippen molar-refractivity contribution in [3.63, 3.8) is 0 Å². The zero-order valence-electron chi connectivity index (χ0n) is 23.5. The van der Waals surface area contributed by atoms with Crippen molar-refractivity contribution in [2.75, 3.05) is 6.61 Å². The first-order chi connectivity index (χ1) is 20.0. The van der Waals surface area contributed by atoms with Gasteiger partial charge in [-0.1, -0.05) is 99.3 Å². The number of carboxylic acids is 1. The fourth-order valence-corrected chi connectivity index (χ4v) is 4.52. The number of carboxylic acid groups (broad SMARTS) is 1. The van der Waals surface area contributed by atoms with E-state index >= 15 is 0 Å². The van der Waals surface area contributed by atoms with E-state index < -0.39 is 12.0 Å². The van der Waals surface area contributed by atoms with Gasteiger partial charge in [-0.2, -0.15) is 0 Å². The molecule has 1 unspecified atom stereocenters. The number of benzene rings is 3. The minimum atomic E-state index is -1.07. The molecular weight excluding hydrogens is 514 g/mol. The van der Waals surface area contributed by atoms with Crippen molar-refractivity contribution in [2.45, 2.75) is 57.9 Å². The minimum absolute atomic E-state index is 0.133. The number of amides is 1. The highest BCUT2D eigenvalue weighted by Gasteiger charge is 2.20. The first-order valence-corrected chi connectivity index (χ1v) is 14.2. The van der Waals surface area contributed by atoms with E-state index in [4.69, 9.17) is 4.74 Å². The predicted molar refractivity (Wildman–Crippen MR) is 161 cm³/mol. The highest BCUT2D eigenvalue weighted by Crippen LogP contribution is 2.23. The lowest BCUT2D eigenvalue weighted by Gasteiger charge is -2.15. The number of ether oxygens (including phenoxy) is 1. The highest BCUT2D eigenvalue weighted by molar-refractivity contribution is 5.85. The first kappa shape index (κ1) is 29.5. The number of nitrogens with one attached hydrogen (secondary N) is 1. The summed E-state index contributed by atoms with van der Waals surface area (Å²) in [6.07, 6.45) is 9.96. The van der Waals surface area contributed by atoms with Crippen LogP contribution in [0.3, 0.4) is 0 Å². The largest absolute Gasteiger partial charge is 0.494 e. The monoisotopic (exact) mass is 551 g/mol. The minimum Gasteiger partial charge on any atom is -0.494 e. The maximum absolute atomic E-state index is 12.4. The van der Waals surface area contributed by atoms with Gasteiger partial charge < -0.3 is 15.2 Å². The number of hydrogen-bond acceptors (Lipinski definition) is 5. The van der Waals surface area contributed by atoms with Gasteiger partial charge in [0.2, 0.25) is 5.91 Å². The molecule has 7 nitrogen and oxygen atoms in total. The molecule has 7 heteroatoms. The molecular formula is C34H37N3O4. The van der Waals surface area contributed by atoms with Crippen molar-refractivity contribution in [1.29, 1.82) is 0 Å². The molecule has 1 atom stereocenters. The van der Waals surface area contributed by atoms with Crippen molar-refractivity contribution < 1.29 is 19.4 Å². The third-order valence-electron chi connectivity index (χ3n) is 6.85. The standard InChI is InChI=1S/C34H37N3O4/c1-2-3-4-5-9-20-41-30-18-16-27(17-19-30)29-23-35-33(36-24-29)28-14-12-26(13-15-28)21-31(34(39)40)37-32(38)22-25-10-7-6-8-11-25/h6-8,10-19,23-24,31H,2-5,9,20-22H2,1H3,(H,37,38)(H,39,40). The Morgan fingerprint density at radius 2 is 1.44 bits per heavy atom. The number of nitrogens with zero attached hydrogens (tertiary/aromatic N) is 2. The van der Waals surface area contributed by atoms with Crippen LogP contribution in [0, 0.1) is 0 Å². The molecule has 1 aromatic heterocycles. The van der Waals surface area contributed by atoms with Gasteiger partial charge in [-0.3, -0.25) is 4.79 Å². The van der Waals surface area contributed by atoms with Crippen molar-refractivity contribution in [1.82, 2.24) is 15.3 Å². The van der Waals surface area contributed by atoms with E-state index in [1.807, 2.05) is 78.9 Å². The second-order valence-electron chi connectivity index (χ2n) is 10.1. The highest BCUT2D eigenvalue weighted by atomic mass is 16.5. The maximum Gasteiger partial charge on any atom is 0.326 e. The smallest absolute Gasteiger partial charge is 0.326 e. The summed E-state index contributed by atoms with van der Waals surface area (Å²) in [5, 5.41) is 12.3. The van der Waals surface area contributed by atoms with Gasteiger partial charge in [-0.25, -0.2) is 14.8 Å². The Labute approximate surface area is 241 Å². The number of hydrogen-bond donors (Lipinski definition) is 2. The van der Waals surface area contributed by atoms with E-state index in [1.54, 1.807) is 12.4 Å². The summed E-state index contributed by atoms with van der Waals surface area (Å²) in [7, 11) is 0. The van der Waals surface area contributed by atoms with Crippen LogP contribution < -0.4 is 10.1 Å². The van der Waals surface area contributed by atoms with Gasteiger partial charge in [0.1, 0.15) is 11.8 Å². The third kappa shape index (κ3) is 9.28. The van der Waals surface area contributed by atoms with Gasteiger partial charge in [-0.15, -0.1) is 0 Å². The van der Waals surface area contributed by atoms with E-state index in [9.17, 15) is 14.7 Å². The molecule has 0 aliphatic carbocycles. The zero-order chi connectivity index (χ0) is 28.9. The molecule has 4 rings (SSSR count). The third-order valence-corrected chi connectivity index (χ3v) is 6.85. The number of aliphatic carboxylic acids is 1. The SMILES string of the molecule is CCCCCCCOc1ccc(-c2cnc(-c3ccc(CC(NC(=O)Cc4ccccc4)C(=O)O)cc3)nc2)cc1. The first-order valence-electron chi connectivity index (χ1n) is 14.2. The number of rotatable bonds is 15. The molecule has 4 aromatic rings. The normalized spacial score (nSPS) is 11.5. The van der Waals surface area contributed by atoms with E-state index in [1.165, 1.54) is 25.7 Å². The lowest BCUT2D eigenvalue weighted by molar-refractivity contribution is -0.141. The second-order valence-corrected chi connectivity index (χ2v) is 10.1. The van der Waals surface area contributed by atoms with Crippen LogP contribution in [-0.4, -0.2) is 39.6 Å². The Bertz CT molecular complexity index is 1370. The number of carbonyl (C=O) groups excluding carboxylic acids is 1. The summed E-state index contributed by atoms with van der Waals surface area (Å²) < 4.78 is 5.86. The average Bonchev–Trinajstić information content (AvgIpc) is 3.00. The Hall–Kier alpha value is -4.52. The summed E-state index contributed by atoms with van der Waals surface area (Å²) in [5.74, 6) is 0.0436. The van der Waals surface area contributed by atoms with Crippen LogP contribution >= 0.6 is 0 Å². The molecule has 41 heavy (non-hydrogen) atoms. The maximum atomic E-state index is 12.4. The summed E-state index contributed by atoms with van der Waals surface area (Å²) in [5.41, 5.74) is 4.37. The van der Waals surface area contributed by atoms with Crippen LogP contribution in [0.1, 0.15) is 50.2 Å². The molecule has 0 radical (unpaired) electrons. The van der Waals surface area contributed by atoms with Gasteiger partial charge in [0.05, 0.1) is 13.0 Å². The summed E-state index contributed by atoms with van der Waals surface area (Å²) in [4.78, 5) is 33.3. The van der Waals surface area contributed by atoms with E-state index in [2.05, 4.69) is 22.2 Å². The van der Waals surface area contributed by atoms with Gasteiger partial charge in [0, 0.05) is 29.9 Å². The van der Waals surface area contributed by atoms with E-state index in [-0.39, 0.29) is 18.7 Å². The van der Waals surface area contributed by atoms with Crippen LogP contribution in [-0.2, 0) is 22.4 Å². The number of aromatic nitrogens is 2. The Morgan fingerprint density at radius 3 is 2.10 bits per heavy atom. The molecule has 3 aromatic carbocycles. The Kier molecular flexibility index (Phi) is 11.0. The molecule has 0 spiro atoms. The zero-order valence-corrected chi connectivity index (χ0v) is 23.5. The molecule has 0 saturated carbocycles. The Morgan fingerprint density at radius 1 is 0.780 bits per heavy atom. The second kappa shape index (κ2) is 15.3. The molecule has 1 amide bonds. The van der Waals surface area contributed by atoms with Crippen molar-refractivity contribution in [3.8, 4) is 28.3 Å². The molecule has 0 fully saturated rings. The summed E-state index contributed by atoms with van der Waals surface area (Å²) in [6, 6.07) is 23.6. The molecule has 0 saturated heterocycles. The van der Waals surface area contributed by atoms with Crippen LogP contribution in [0.2, 0.25) is 0 Å². The van der Waals surface area contributed by atoms with E-state index in [0.717, 1.165) is 46.6 Å². The van der Waals surface area contributed by atoms with Gasteiger partial charge >= 0.3 is 5.97 Å². The summed E-state index contributed by atoms with van der Waals surface area (Å²) >= 11 is 0. The molecule has 2 N–H and O–H groups in total. The molecule has 1 heterocycles. The average molecular weight is 552 g/mol. The molecule has 0 aliphatic rings. The Balaban J connectivity index is 1.30. The van der Waals surface area contributed by atoms with Crippen molar-refractivity contribution >= 4 is 11.9 Å². The van der Waals surface area contributed by atoms with Crippen LogP contribution in [0.5, 0.6) is 5.75 Å². The predicted octanol–water partition coefficient (Wildman–Crippen LogP) is 6.51. The molecule has 212 valence electrons. The van der Waals surface area contributed by atoms with Gasteiger partial charge in [0.15, 0.2) is 5.82 Å². The lowest BCUT2D eigenvalue weighted by Crippen LogP contribution is -2.43. The molecule has 0 bridgehead atoms. The molecule has 0 aliphatic heterocycles. The van der Waals surface area contributed by atoms with Crippen molar-refractivity contribution in [2.24, 2.45) is 0 Å². The van der Waals surface area contributed by atoms with Gasteiger partial charge in [0.25, 0.3) is 0 Å². The number of carbonyl (C=O) groups is 2. The number of unbranched alkanes of at least 4 members (excludes halogenated alkanes) is 4.